The summed E-state index contributed by atoms with van der Waals surface area (Å²) in [7, 11) is 1.63. The van der Waals surface area contributed by atoms with Crippen LogP contribution in [0.25, 0.3) is 11.5 Å². The van der Waals surface area contributed by atoms with Crippen LogP contribution in [0.3, 0.4) is 0 Å². The van der Waals surface area contributed by atoms with Crippen LogP contribution in [0.5, 0.6) is 5.75 Å². The number of carbonyl (C=O) groups excluding carboxylic acids is 1. The average molecular weight is 383 g/mol. The van der Waals surface area contributed by atoms with Gasteiger partial charge in [0.2, 0.25) is 11.8 Å². The van der Waals surface area contributed by atoms with Crippen molar-refractivity contribution in [2.45, 2.75) is 19.2 Å². The highest BCUT2D eigenvalue weighted by atomic mass is 32.2. The first-order chi connectivity index (χ1) is 13.2. The summed E-state index contributed by atoms with van der Waals surface area (Å²) in [6.07, 6.45) is 3.45. The Labute approximate surface area is 162 Å². The Kier molecular flexibility index (Phi) is 6.49. The molecule has 0 radical (unpaired) electrons. The summed E-state index contributed by atoms with van der Waals surface area (Å²) in [5, 5.41) is 2.89. The monoisotopic (exact) mass is 383 g/mol. The van der Waals surface area contributed by atoms with Crippen LogP contribution in [0.4, 0.5) is 0 Å². The minimum atomic E-state index is -0.0135. The number of pyridine rings is 1. The fraction of sp³-hybridized carbons (Fsp3) is 0.250. The molecule has 3 aromatic rings. The van der Waals surface area contributed by atoms with E-state index in [0.717, 1.165) is 28.3 Å². The first-order valence-corrected chi connectivity index (χ1v) is 9.65. The number of carbonyl (C=O) groups is 1. The van der Waals surface area contributed by atoms with Crippen LogP contribution in [-0.4, -0.2) is 28.7 Å². The molecule has 27 heavy (non-hydrogen) atoms. The molecule has 1 aromatic carbocycles. The van der Waals surface area contributed by atoms with Crippen molar-refractivity contribution in [2.75, 3.05) is 12.9 Å². The third-order valence-electron chi connectivity index (χ3n) is 3.91. The maximum absolute atomic E-state index is 12.0. The van der Waals surface area contributed by atoms with E-state index in [-0.39, 0.29) is 5.91 Å². The molecule has 0 fully saturated rings. The van der Waals surface area contributed by atoms with Gasteiger partial charge in [0.1, 0.15) is 11.5 Å². The van der Waals surface area contributed by atoms with Crippen LogP contribution >= 0.6 is 11.8 Å². The zero-order valence-electron chi connectivity index (χ0n) is 15.3. The molecule has 0 atom stereocenters. The third kappa shape index (κ3) is 5.34. The van der Waals surface area contributed by atoms with E-state index < -0.39 is 0 Å². The van der Waals surface area contributed by atoms with E-state index in [0.29, 0.717) is 23.9 Å². The predicted molar refractivity (Wildman–Crippen MR) is 105 cm³/mol. The third-order valence-corrected chi connectivity index (χ3v) is 4.86. The van der Waals surface area contributed by atoms with E-state index in [4.69, 9.17) is 9.15 Å². The van der Waals surface area contributed by atoms with Gasteiger partial charge in [-0.1, -0.05) is 6.07 Å². The number of nitrogens with zero attached hydrogens (tertiary/aromatic N) is 2. The number of thioether (sulfide) groups is 1. The lowest BCUT2D eigenvalue weighted by Gasteiger charge is -2.04. The molecule has 0 saturated carbocycles. The highest BCUT2D eigenvalue weighted by Crippen LogP contribution is 2.25. The van der Waals surface area contributed by atoms with E-state index in [1.165, 1.54) is 11.8 Å². The summed E-state index contributed by atoms with van der Waals surface area (Å²) in [5.74, 6) is 3.10. The maximum Gasteiger partial charge on any atom is 0.230 e. The summed E-state index contributed by atoms with van der Waals surface area (Å²) in [6.45, 7) is 2.37. The number of methoxy groups -OCH3 is 1. The summed E-state index contributed by atoms with van der Waals surface area (Å²) in [6, 6.07) is 11.3. The van der Waals surface area contributed by atoms with Gasteiger partial charge in [-0.3, -0.25) is 9.78 Å². The van der Waals surface area contributed by atoms with Gasteiger partial charge in [-0.15, -0.1) is 11.8 Å². The molecular weight excluding hydrogens is 362 g/mol. The SMILES string of the molecule is COc1ccc(-c2nc(CSCC(=O)NCc3cccnc3)c(C)o2)cc1. The van der Waals surface area contributed by atoms with Gasteiger partial charge < -0.3 is 14.5 Å². The van der Waals surface area contributed by atoms with Crippen LogP contribution in [0.15, 0.2) is 53.2 Å². The normalized spacial score (nSPS) is 10.6. The number of hydrogen-bond donors (Lipinski definition) is 1. The number of nitrogens with one attached hydrogen (secondary N) is 1. The standard InChI is InChI=1S/C20H21N3O3S/c1-14-18(23-20(26-14)16-5-7-17(25-2)8-6-16)12-27-13-19(24)22-11-15-4-3-9-21-10-15/h3-10H,11-13H2,1-2H3,(H,22,24). The molecule has 1 N–H and O–H groups in total. The van der Waals surface area contributed by atoms with Crippen molar-refractivity contribution in [3.8, 4) is 17.2 Å². The Hall–Kier alpha value is -2.80. The van der Waals surface area contributed by atoms with Gasteiger partial charge >= 0.3 is 0 Å². The van der Waals surface area contributed by atoms with Gasteiger partial charge in [-0.05, 0) is 42.8 Å². The summed E-state index contributed by atoms with van der Waals surface area (Å²) in [5.41, 5.74) is 2.72. The second kappa shape index (κ2) is 9.23. The molecule has 2 aromatic heterocycles. The molecule has 1 amide bonds. The van der Waals surface area contributed by atoms with Crippen LogP contribution in [0.2, 0.25) is 0 Å². The largest absolute Gasteiger partial charge is 0.497 e. The summed E-state index contributed by atoms with van der Waals surface area (Å²) < 4.78 is 10.9. The van der Waals surface area contributed by atoms with Crippen molar-refractivity contribution in [3.05, 3.63) is 65.8 Å². The first kappa shape index (κ1) is 19.0. The van der Waals surface area contributed by atoms with Gasteiger partial charge in [0.05, 0.1) is 18.6 Å². The molecule has 7 heteroatoms. The topological polar surface area (TPSA) is 77.2 Å². The lowest BCUT2D eigenvalue weighted by molar-refractivity contribution is -0.118. The Balaban J connectivity index is 1.49. The van der Waals surface area contributed by atoms with Crippen molar-refractivity contribution < 1.29 is 13.9 Å². The molecule has 0 aliphatic carbocycles. The molecule has 3 rings (SSSR count). The molecule has 6 nitrogen and oxygen atoms in total. The number of benzene rings is 1. The zero-order valence-corrected chi connectivity index (χ0v) is 16.1. The fourth-order valence-corrected chi connectivity index (χ4v) is 3.26. The van der Waals surface area contributed by atoms with E-state index >= 15 is 0 Å². The number of rotatable bonds is 8. The predicted octanol–water partition coefficient (Wildman–Crippen LogP) is 3.60. The van der Waals surface area contributed by atoms with Gasteiger partial charge in [-0.2, -0.15) is 0 Å². The van der Waals surface area contributed by atoms with Crippen molar-refractivity contribution in [1.82, 2.24) is 15.3 Å². The molecule has 0 unspecified atom stereocenters. The summed E-state index contributed by atoms with van der Waals surface area (Å²) in [4.78, 5) is 20.6. The Morgan fingerprint density at radius 2 is 2.07 bits per heavy atom. The molecule has 0 aliphatic rings. The molecule has 140 valence electrons. The number of ether oxygens (including phenoxy) is 1. The van der Waals surface area contributed by atoms with Crippen molar-refractivity contribution in [3.63, 3.8) is 0 Å². The number of aryl methyl sites for hydroxylation is 1. The molecule has 0 saturated heterocycles. The van der Waals surface area contributed by atoms with Crippen LogP contribution < -0.4 is 10.1 Å². The first-order valence-electron chi connectivity index (χ1n) is 8.50. The Morgan fingerprint density at radius 1 is 1.26 bits per heavy atom. The fourth-order valence-electron chi connectivity index (χ4n) is 2.41. The van der Waals surface area contributed by atoms with Crippen LogP contribution in [0.1, 0.15) is 17.0 Å². The zero-order chi connectivity index (χ0) is 19.1. The highest BCUT2D eigenvalue weighted by molar-refractivity contribution is 7.99. The van der Waals surface area contributed by atoms with Gasteiger partial charge in [0.25, 0.3) is 0 Å². The molecular formula is C20H21N3O3S. The Bertz CT molecular complexity index is 879. The van der Waals surface area contributed by atoms with E-state index in [1.54, 1.807) is 19.5 Å². The number of aromatic nitrogens is 2. The quantitative estimate of drug-likeness (QED) is 0.640. The lowest BCUT2D eigenvalue weighted by atomic mass is 10.2. The molecule has 0 bridgehead atoms. The minimum absolute atomic E-state index is 0.0135. The van der Waals surface area contributed by atoms with Gasteiger partial charge in [-0.25, -0.2) is 4.98 Å². The lowest BCUT2D eigenvalue weighted by Crippen LogP contribution is -2.24. The smallest absolute Gasteiger partial charge is 0.230 e. The Morgan fingerprint density at radius 3 is 2.78 bits per heavy atom. The second-order valence-corrected chi connectivity index (χ2v) is 6.87. The number of hydrogen-bond acceptors (Lipinski definition) is 6. The minimum Gasteiger partial charge on any atom is -0.497 e. The average Bonchev–Trinajstić information content (AvgIpc) is 3.08. The molecule has 2 heterocycles. The van der Waals surface area contributed by atoms with Crippen molar-refractivity contribution in [1.29, 1.82) is 0 Å². The number of amides is 1. The number of oxazole rings is 1. The molecule has 0 aliphatic heterocycles. The van der Waals surface area contributed by atoms with Crippen LogP contribution in [0, 0.1) is 6.92 Å². The van der Waals surface area contributed by atoms with E-state index in [2.05, 4.69) is 15.3 Å². The van der Waals surface area contributed by atoms with Crippen molar-refractivity contribution in [2.24, 2.45) is 0 Å². The van der Waals surface area contributed by atoms with E-state index in [9.17, 15) is 4.79 Å². The second-order valence-electron chi connectivity index (χ2n) is 5.88. The van der Waals surface area contributed by atoms with E-state index in [1.807, 2.05) is 43.3 Å². The summed E-state index contributed by atoms with van der Waals surface area (Å²) >= 11 is 1.51. The van der Waals surface area contributed by atoms with Gasteiger partial charge in [0, 0.05) is 30.3 Å². The highest BCUT2D eigenvalue weighted by Gasteiger charge is 2.12. The van der Waals surface area contributed by atoms with Crippen molar-refractivity contribution >= 4 is 17.7 Å². The molecule has 0 spiro atoms. The van der Waals surface area contributed by atoms with Gasteiger partial charge in [0.15, 0.2) is 0 Å². The van der Waals surface area contributed by atoms with Crippen LogP contribution in [-0.2, 0) is 17.1 Å². The maximum atomic E-state index is 12.0.